The zero-order chi connectivity index (χ0) is 9.26. The molecular weight excluding hydrogens is 164 g/mol. The van der Waals surface area contributed by atoms with Gasteiger partial charge < -0.3 is 5.73 Å². The van der Waals surface area contributed by atoms with Crippen LogP contribution < -0.4 is 5.73 Å². The summed E-state index contributed by atoms with van der Waals surface area (Å²) in [5.41, 5.74) is 7.01. The van der Waals surface area contributed by atoms with Gasteiger partial charge >= 0.3 is 0 Å². The van der Waals surface area contributed by atoms with Crippen LogP contribution in [0, 0.1) is 0 Å². The number of rotatable bonds is 2. The number of likely N-dealkylation sites (tertiary alicyclic amines) is 1. The molecule has 0 radical (unpaired) electrons. The topological polar surface area (TPSA) is 47.1 Å². The summed E-state index contributed by atoms with van der Waals surface area (Å²) in [6, 6.07) is 0. The summed E-state index contributed by atoms with van der Waals surface area (Å²) < 4.78 is 1.73. The zero-order valence-electron chi connectivity index (χ0n) is 8.03. The Hall–Kier alpha value is -1.03. The molecule has 1 saturated heterocycles. The molecule has 0 bridgehead atoms. The highest BCUT2D eigenvalue weighted by Crippen LogP contribution is 2.16. The minimum atomic E-state index is 0.798. The van der Waals surface area contributed by atoms with E-state index in [0.717, 1.165) is 17.9 Å². The third kappa shape index (κ3) is 1.67. The van der Waals surface area contributed by atoms with Gasteiger partial charge in [-0.05, 0) is 25.9 Å². The third-order valence-corrected chi connectivity index (χ3v) is 2.66. The Bertz CT molecular complexity index is 286. The van der Waals surface area contributed by atoms with Crippen molar-refractivity contribution in [2.45, 2.75) is 19.4 Å². The van der Waals surface area contributed by atoms with Crippen LogP contribution in [0.3, 0.4) is 0 Å². The lowest BCUT2D eigenvalue weighted by Crippen LogP contribution is -2.18. The molecule has 1 aromatic rings. The van der Waals surface area contributed by atoms with E-state index in [2.05, 4.69) is 10.00 Å². The van der Waals surface area contributed by atoms with Crippen molar-refractivity contribution in [3.63, 3.8) is 0 Å². The number of hydrogen-bond donors (Lipinski definition) is 1. The molecule has 0 aromatic carbocycles. The van der Waals surface area contributed by atoms with E-state index < -0.39 is 0 Å². The van der Waals surface area contributed by atoms with Crippen LogP contribution in [0.5, 0.6) is 0 Å². The van der Waals surface area contributed by atoms with Gasteiger partial charge in [-0.15, -0.1) is 0 Å². The molecule has 1 fully saturated rings. The summed E-state index contributed by atoms with van der Waals surface area (Å²) in [5, 5.41) is 4.12. The highest BCUT2D eigenvalue weighted by Gasteiger charge is 2.14. The monoisotopic (exact) mass is 180 g/mol. The van der Waals surface area contributed by atoms with E-state index in [1.165, 1.54) is 25.9 Å². The molecule has 1 aliphatic heterocycles. The first kappa shape index (κ1) is 8.56. The predicted octanol–water partition coefficient (Wildman–Crippen LogP) is 0.598. The zero-order valence-corrected chi connectivity index (χ0v) is 8.03. The maximum atomic E-state index is 5.85. The van der Waals surface area contributed by atoms with Crippen molar-refractivity contribution in [2.75, 3.05) is 18.8 Å². The third-order valence-electron chi connectivity index (χ3n) is 2.66. The van der Waals surface area contributed by atoms with Crippen molar-refractivity contribution in [1.82, 2.24) is 14.7 Å². The Morgan fingerprint density at radius 2 is 2.15 bits per heavy atom. The fourth-order valence-corrected chi connectivity index (χ4v) is 1.80. The van der Waals surface area contributed by atoms with E-state index >= 15 is 0 Å². The molecule has 2 heterocycles. The molecule has 0 atom stereocenters. The minimum absolute atomic E-state index is 0.798. The maximum absolute atomic E-state index is 5.85. The number of aromatic nitrogens is 2. The highest BCUT2D eigenvalue weighted by molar-refractivity contribution is 5.38. The maximum Gasteiger partial charge on any atom is 0.125 e. The Morgan fingerprint density at radius 3 is 2.69 bits per heavy atom. The van der Waals surface area contributed by atoms with Crippen LogP contribution in [0.2, 0.25) is 0 Å². The highest BCUT2D eigenvalue weighted by atomic mass is 15.3. The second-order valence-corrected chi connectivity index (χ2v) is 3.66. The smallest absolute Gasteiger partial charge is 0.125 e. The first-order valence-electron chi connectivity index (χ1n) is 4.76. The summed E-state index contributed by atoms with van der Waals surface area (Å²) in [7, 11) is 1.88. The van der Waals surface area contributed by atoms with Gasteiger partial charge in [-0.2, -0.15) is 5.10 Å². The fourth-order valence-electron chi connectivity index (χ4n) is 1.80. The number of hydrogen-bond acceptors (Lipinski definition) is 3. The van der Waals surface area contributed by atoms with Gasteiger partial charge in [0.1, 0.15) is 5.82 Å². The molecule has 0 unspecified atom stereocenters. The van der Waals surface area contributed by atoms with Crippen LogP contribution in [-0.4, -0.2) is 27.8 Å². The number of nitrogen functional groups attached to an aromatic ring is 1. The van der Waals surface area contributed by atoms with Gasteiger partial charge in [-0.3, -0.25) is 9.58 Å². The van der Waals surface area contributed by atoms with Gasteiger partial charge in [0.2, 0.25) is 0 Å². The lowest BCUT2D eigenvalue weighted by molar-refractivity contribution is 0.332. The Balaban J connectivity index is 2.04. The SMILES string of the molecule is Cn1ncc(CN2CCCC2)c1N. The minimum Gasteiger partial charge on any atom is -0.384 e. The van der Waals surface area contributed by atoms with Crippen LogP contribution in [0.1, 0.15) is 18.4 Å². The molecular formula is C9H16N4. The van der Waals surface area contributed by atoms with Gasteiger partial charge in [-0.25, -0.2) is 0 Å². The number of aryl methyl sites for hydroxylation is 1. The van der Waals surface area contributed by atoms with Crippen molar-refractivity contribution in [3.8, 4) is 0 Å². The molecule has 72 valence electrons. The Labute approximate surface area is 78.3 Å². The normalized spacial score (nSPS) is 18.2. The van der Waals surface area contributed by atoms with Crippen LogP contribution in [0.4, 0.5) is 5.82 Å². The molecule has 13 heavy (non-hydrogen) atoms. The van der Waals surface area contributed by atoms with Crippen molar-refractivity contribution < 1.29 is 0 Å². The summed E-state index contributed by atoms with van der Waals surface area (Å²) in [5.74, 6) is 0.798. The molecule has 0 amide bonds. The lowest BCUT2D eigenvalue weighted by Gasteiger charge is -2.13. The van der Waals surface area contributed by atoms with E-state index in [9.17, 15) is 0 Å². The van der Waals surface area contributed by atoms with Crippen molar-refractivity contribution in [3.05, 3.63) is 11.8 Å². The lowest BCUT2D eigenvalue weighted by atomic mass is 10.3. The van der Waals surface area contributed by atoms with Crippen LogP contribution >= 0.6 is 0 Å². The van der Waals surface area contributed by atoms with E-state index in [-0.39, 0.29) is 0 Å². The second kappa shape index (κ2) is 3.38. The summed E-state index contributed by atoms with van der Waals surface area (Å²) >= 11 is 0. The van der Waals surface area contributed by atoms with Crippen molar-refractivity contribution in [1.29, 1.82) is 0 Å². The van der Waals surface area contributed by atoms with E-state index in [1.807, 2.05) is 13.2 Å². The Morgan fingerprint density at radius 1 is 1.46 bits per heavy atom. The molecule has 4 nitrogen and oxygen atoms in total. The van der Waals surface area contributed by atoms with Crippen LogP contribution in [0.25, 0.3) is 0 Å². The van der Waals surface area contributed by atoms with Gasteiger partial charge in [0.25, 0.3) is 0 Å². The standard InChI is InChI=1S/C9H16N4/c1-12-9(10)8(6-11-12)7-13-4-2-3-5-13/h6H,2-5,7,10H2,1H3. The van der Waals surface area contributed by atoms with E-state index in [4.69, 9.17) is 5.73 Å². The summed E-state index contributed by atoms with van der Waals surface area (Å²) in [6.07, 6.45) is 4.51. The largest absolute Gasteiger partial charge is 0.384 e. The van der Waals surface area contributed by atoms with Crippen LogP contribution in [0.15, 0.2) is 6.20 Å². The van der Waals surface area contributed by atoms with Crippen molar-refractivity contribution in [2.24, 2.45) is 7.05 Å². The van der Waals surface area contributed by atoms with E-state index in [0.29, 0.717) is 0 Å². The molecule has 2 N–H and O–H groups in total. The number of nitrogens with zero attached hydrogens (tertiary/aromatic N) is 3. The summed E-state index contributed by atoms with van der Waals surface area (Å²) in [4.78, 5) is 2.42. The van der Waals surface area contributed by atoms with Crippen molar-refractivity contribution >= 4 is 5.82 Å². The molecule has 0 saturated carbocycles. The molecule has 0 spiro atoms. The molecule has 0 aliphatic carbocycles. The summed E-state index contributed by atoms with van der Waals surface area (Å²) in [6.45, 7) is 3.36. The van der Waals surface area contributed by atoms with Gasteiger partial charge in [-0.1, -0.05) is 0 Å². The average molecular weight is 180 g/mol. The van der Waals surface area contributed by atoms with Gasteiger partial charge in [0, 0.05) is 19.2 Å². The molecule has 1 aromatic heterocycles. The number of nitrogens with two attached hydrogens (primary N) is 1. The first-order chi connectivity index (χ1) is 6.27. The average Bonchev–Trinajstić information content (AvgIpc) is 2.71. The number of anilines is 1. The van der Waals surface area contributed by atoms with Gasteiger partial charge in [0.05, 0.1) is 6.20 Å². The molecule has 1 aliphatic rings. The fraction of sp³-hybridized carbons (Fsp3) is 0.667. The van der Waals surface area contributed by atoms with E-state index in [1.54, 1.807) is 4.68 Å². The predicted molar refractivity (Wildman–Crippen MR) is 52.1 cm³/mol. The Kier molecular flexibility index (Phi) is 2.22. The quantitative estimate of drug-likeness (QED) is 0.725. The molecule has 4 heteroatoms. The molecule has 2 rings (SSSR count). The first-order valence-corrected chi connectivity index (χ1v) is 4.76. The second-order valence-electron chi connectivity index (χ2n) is 3.66. The van der Waals surface area contributed by atoms with Crippen LogP contribution in [-0.2, 0) is 13.6 Å². The van der Waals surface area contributed by atoms with Gasteiger partial charge in [0.15, 0.2) is 0 Å².